The van der Waals surface area contributed by atoms with Gasteiger partial charge >= 0.3 is 5.97 Å². The number of carboxylic acid groups (broad SMARTS) is 1. The maximum Gasteiger partial charge on any atom is 0.326 e. The van der Waals surface area contributed by atoms with Crippen LogP contribution in [0.4, 0.5) is 0 Å². The molecule has 0 bridgehead atoms. The van der Waals surface area contributed by atoms with Crippen molar-refractivity contribution in [1.29, 1.82) is 0 Å². The number of carboxylic acids is 1. The average Bonchev–Trinajstić information content (AvgIpc) is 2.70. The lowest BCUT2D eigenvalue weighted by atomic mass is 10.1. The summed E-state index contributed by atoms with van der Waals surface area (Å²) in [6, 6.07) is 0.958. The number of amides is 1. The number of carbonyl (C=O) groups is 2. The van der Waals surface area contributed by atoms with Gasteiger partial charge in [0.1, 0.15) is 6.04 Å². The number of hydrogen-bond acceptors (Lipinski definition) is 3. The number of hydrogen-bond donors (Lipinski definition) is 2. The van der Waals surface area contributed by atoms with Crippen molar-refractivity contribution in [1.82, 2.24) is 5.32 Å². The molecule has 4 nitrogen and oxygen atoms in total. The third-order valence-electron chi connectivity index (χ3n) is 2.28. The molecule has 0 radical (unpaired) electrons. The van der Waals surface area contributed by atoms with Gasteiger partial charge in [-0.15, -0.1) is 11.3 Å². The number of unbranched alkanes of at least 4 members (excludes halogenated alkanes) is 1. The quantitative estimate of drug-likeness (QED) is 0.760. The molecule has 1 amide bonds. The summed E-state index contributed by atoms with van der Waals surface area (Å²) in [6.07, 6.45) is 2.17. The van der Waals surface area contributed by atoms with Gasteiger partial charge in [-0.05, 0) is 35.1 Å². The van der Waals surface area contributed by atoms with E-state index in [0.717, 1.165) is 15.7 Å². The number of rotatable bonds is 6. The van der Waals surface area contributed by atoms with Crippen molar-refractivity contribution in [3.63, 3.8) is 0 Å². The normalized spacial score (nSPS) is 12.1. The standard InChI is InChI=1S/C11H14INO3S/c1-2-3-4-8(11(15)16)13-10(14)7-5-9(12)17-6-7/h5-6,8H,2-4H2,1H3,(H,13,14)(H,15,16)/t8-/m0/s1. The van der Waals surface area contributed by atoms with E-state index < -0.39 is 12.0 Å². The van der Waals surface area contributed by atoms with E-state index in [1.54, 1.807) is 11.4 Å². The summed E-state index contributed by atoms with van der Waals surface area (Å²) in [7, 11) is 0. The molecule has 0 spiro atoms. The molecule has 0 saturated heterocycles. The molecule has 0 aromatic carbocycles. The Morgan fingerprint density at radius 3 is 2.76 bits per heavy atom. The molecule has 1 atom stereocenters. The van der Waals surface area contributed by atoms with Crippen LogP contribution in [0.2, 0.25) is 0 Å². The third kappa shape index (κ3) is 4.63. The van der Waals surface area contributed by atoms with E-state index in [1.807, 2.05) is 6.92 Å². The summed E-state index contributed by atoms with van der Waals surface area (Å²) >= 11 is 3.59. The van der Waals surface area contributed by atoms with Crippen LogP contribution in [-0.2, 0) is 4.79 Å². The fourth-order valence-corrected chi connectivity index (χ4v) is 2.66. The van der Waals surface area contributed by atoms with E-state index in [0.29, 0.717) is 12.0 Å². The van der Waals surface area contributed by atoms with Gasteiger partial charge in [-0.25, -0.2) is 4.79 Å². The molecule has 0 aliphatic heterocycles. The van der Waals surface area contributed by atoms with Crippen molar-refractivity contribution in [3.05, 3.63) is 19.9 Å². The first kappa shape index (κ1) is 14.4. The first-order valence-electron chi connectivity index (χ1n) is 5.32. The van der Waals surface area contributed by atoms with E-state index in [2.05, 4.69) is 27.9 Å². The maximum absolute atomic E-state index is 11.8. The Morgan fingerprint density at radius 1 is 1.59 bits per heavy atom. The number of nitrogens with one attached hydrogen (secondary N) is 1. The topological polar surface area (TPSA) is 66.4 Å². The van der Waals surface area contributed by atoms with E-state index in [4.69, 9.17) is 5.11 Å². The van der Waals surface area contributed by atoms with Crippen molar-refractivity contribution in [2.75, 3.05) is 0 Å². The number of thiophene rings is 1. The van der Waals surface area contributed by atoms with Gasteiger partial charge in [0.15, 0.2) is 0 Å². The van der Waals surface area contributed by atoms with Gasteiger partial charge in [0.25, 0.3) is 5.91 Å². The largest absolute Gasteiger partial charge is 0.480 e. The molecule has 1 aromatic rings. The Kier molecular flexibility index (Phi) is 5.90. The minimum Gasteiger partial charge on any atom is -0.480 e. The molecule has 94 valence electrons. The predicted molar refractivity (Wildman–Crippen MR) is 75.5 cm³/mol. The van der Waals surface area contributed by atoms with Crippen LogP contribution in [0.3, 0.4) is 0 Å². The van der Waals surface area contributed by atoms with E-state index in [9.17, 15) is 9.59 Å². The Hall–Kier alpha value is -0.630. The molecule has 1 rings (SSSR count). The third-order valence-corrected chi connectivity index (χ3v) is 4.07. The predicted octanol–water partition coefficient (Wildman–Crippen LogP) is 2.73. The van der Waals surface area contributed by atoms with Gasteiger partial charge in [0.2, 0.25) is 0 Å². The second-order valence-electron chi connectivity index (χ2n) is 3.65. The van der Waals surface area contributed by atoms with Crippen molar-refractivity contribution >= 4 is 45.8 Å². The number of carbonyl (C=O) groups excluding carboxylic acids is 1. The lowest BCUT2D eigenvalue weighted by Crippen LogP contribution is -2.40. The minimum atomic E-state index is -0.975. The fourth-order valence-electron chi connectivity index (χ4n) is 1.34. The van der Waals surface area contributed by atoms with Crippen LogP contribution < -0.4 is 5.32 Å². The summed E-state index contributed by atoms with van der Waals surface area (Å²) in [5.41, 5.74) is 0.530. The Morgan fingerprint density at radius 2 is 2.29 bits per heavy atom. The summed E-state index contributed by atoms with van der Waals surface area (Å²) in [5.74, 6) is -1.29. The highest BCUT2D eigenvalue weighted by molar-refractivity contribution is 14.1. The van der Waals surface area contributed by atoms with Gasteiger partial charge in [-0.1, -0.05) is 19.8 Å². The molecule has 1 heterocycles. The van der Waals surface area contributed by atoms with Crippen molar-refractivity contribution in [2.24, 2.45) is 0 Å². The van der Waals surface area contributed by atoms with Crippen LogP contribution in [0.5, 0.6) is 0 Å². The first-order valence-corrected chi connectivity index (χ1v) is 7.28. The Bertz CT molecular complexity index is 405. The lowest BCUT2D eigenvalue weighted by molar-refractivity contribution is -0.139. The Labute approximate surface area is 118 Å². The molecule has 0 saturated carbocycles. The molecule has 6 heteroatoms. The van der Waals surface area contributed by atoms with Crippen molar-refractivity contribution < 1.29 is 14.7 Å². The van der Waals surface area contributed by atoms with Gasteiger partial charge in [0, 0.05) is 5.38 Å². The summed E-state index contributed by atoms with van der Waals surface area (Å²) in [6.45, 7) is 1.99. The van der Waals surface area contributed by atoms with E-state index in [1.165, 1.54) is 11.3 Å². The first-order chi connectivity index (χ1) is 8.04. The smallest absolute Gasteiger partial charge is 0.326 e. The van der Waals surface area contributed by atoms with E-state index in [-0.39, 0.29) is 5.91 Å². The van der Waals surface area contributed by atoms with Gasteiger partial charge < -0.3 is 10.4 Å². The van der Waals surface area contributed by atoms with Crippen LogP contribution in [0.15, 0.2) is 11.4 Å². The van der Waals surface area contributed by atoms with Crippen LogP contribution in [0, 0.1) is 2.88 Å². The summed E-state index contributed by atoms with van der Waals surface area (Å²) < 4.78 is 1.01. The monoisotopic (exact) mass is 367 g/mol. The SMILES string of the molecule is CCCC[C@H](NC(=O)c1csc(I)c1)C(=O)O. The molecule has 2 N–H and O–H groups in total. The average molecular weight is 367 g/mol. The molecule has 0 fully saturated rings. The molecular weight excluding hydrogens is 353 g/mol. The number of halogens is 1. The highest BCUT2D eigenvalue weighted by Gasteiger charge is 2.20. The summed E-state index contributed by atoms with van der Waals surface area (Å²) in [5, 5.41) is 13.3. The zero-order valence-electron chi connectivity index (χ0n) is 9.40. The molecular formula is C11H14INO3S. The Balaban J connectivity index is 2.60. The fraction of sp³-hybridized carbons (Fsp3) is 0.455. The molecule has 1 aromatic heterocycles. The van der Waals surface area contributed by atoms with Gasteiger partial charge in [-0.3, -0.25) is 4.79 Å². The number of aliphatic carboxylic acids is 1. The molecule has 0 aliphatic carbocycles. The highest BCUT2D eigenvalue weighted by atomic mass is 127. The lowest BCUT2D eigenvalue weighted by Gasteiger charge is -2.13. The van der Waals surface area contributed by atoms with Gasteiger partial charge in [-0.2, -0.15) is 0 Å². The minimum absolute atomic E-state index is 0.312. The van der Waals surface area contributed by atoms with Crippen LogP contribution in [-0.4, -0.2) is 23.0 Å². The molecule has 17 heavy (non-hydrogen) atoms. The summed E-state index contributed by atoms with van der Waals surface area (Å²) in [4.78, 5) is 22.7. The zero-order valence-corrected chi connectivity index (χ0v) is 12.4. The van der Waals surface area contributed by atoms with Crippen LogP contribution in [0.1, 0.15) is 36.5 Å². The molecule has 0 unspecified atom stereocenters. The molecule has 0 aliphatic rings. The van der Waals surface area contributed by atoms with E-state index >= 15 is 0 Å². The van der Waals surface area contributed by atoms with Crippen LogP contribution in [0.25, 0.3) is 0 Å². The van der Waals surface area contributed by atoms with Gasteiger partial charge in [0.05, 0.1) is 8.45 Å². The second-order valence-corrected chi connectivity index (χ2v) is 6.45. The second kappa shape index (κ2) is 6.95. The van der Waals surface area contributed by atoms with Crippen LogP contribution >= 0.6 is 33.9 Å². The zero-order chi connectivity index (χ0) is 12.8. The van der Waals surface area contributed by atoms with Crippen molar-refractivity contribution in [2.45, 2.75) is 32.2 Å². The van der Waals surface area contributed by atoms with Crippen molar-refractivity contribution in [3.8, 4) is 0 Å². The highest BCUT2D eigenvalue weighted by Crippen LogP contribution is 2.16. The maximum atomic E-state index is 11.8.